The molecule has 1 aromatic heterocycles. The molecule has 1 aliphatic rings. The number of benzene rings is 2. The van der Waals surface area contributed by atoms with Crippen LogP contribution in [0.4, 0.5) is 5.82 Å². The zero-order chi connectivity index (χ0) is 20.3. The van der Waals surface area contributed by atoms with Gasteiger partial charge in [0, 0.05) is 5.41 Å². The van der Waals surface area contributed by atoms with Crippen LogP contribution in [0.25, 0.3) is 0 Å². The minimum Gasteiger partial charge on any atom is -0.497 e. The van der Waals surface area contributed by atoms with Crippen molar-refractivity contribution in [2.45, 2.75) is 25.3 Å². The fraction of sp³-hybridized carbons (Fsp3) is 0.318. The lowest BCUT2D eigenvalue weighted by molar-refractivity contribution is -0.115. The Bertz CT molecular complexity index is 976. The highest BCUT2D eigenvalue weighted by molar-refractivity contribution is 5.91. The first-order valence-electron chi connectivity index (χ1n) is 9.54. The van der Waals surface area contributed by atoms with Gasteiger partial charge in [-0.3, -0.25) is 4.79 Å². The molecule has 1 aliphatic heterocycles. The van der Waals surface area contributed by atoms with Crippen molar-refractivity contribution in [2.24, 2.45) is 0 Å². The van der Waals surface area contributed by atoms with E-state index in [1.165, 1.54) is 5.56 Å². The van der Waals surface area contributed by atoms with Crippen molar-refractivity contribution >= 4 is 11.7 Å². The maximum atomic E-state index is 12.3. The first kappa shape index (κ1) is 19.1. The average molecular weight is 392 g/mol. The summed E-state index contributed by atoms with van der Waals surface area (Å²) < 4.78 is 10.5. The van der Waals surface area contributed by atoms with E-state index in [2.05, 4.69) is 34.6 Å². The maximum absolute atomic E-state index is 12.3. The van der Waals surface area contributed by atoms with Crippen molar-refractivity contribution in [3.8, 4) is 5.75 Å². The molecule has 2 heterocycles. The number of anilines is 1. The summed E-state index contributed by atoms with van der Waals surface area (Å²) in [5, 5.41) is 11.3. The van der Waals surface area contributed by atoms with E-state index in [1.54, 1.807) is 18.1 Å². The number of methoxy groups -OCH3 is 1. The van der Waals surface area contributed by atoms with Gasteiger partial charge in [0.05, 0.1) is 39.5 Å². The molecule has 1 saturated heterocycles. The molecule has 2 aromatic carbocycles. The van der Waals surface area contributed by atoms with E-state index < -0.39 is 0 Å². The molecule has 0 unspecified atom stereocenters. The van der Waals surface area contributed by atoms with E-state index in [0.717, 1.165) is 30.1 Å². The Balaban J connectivity index is 1.31. The Hall–Kier alpha value is -3.19. The molecule has 3 aromatic rings. The van der Waals surface area contributed by atoms with Crippen LogP contribution in [0.1, 0.15) is 23.6 Å². The minimum absolute atomic E-state index is 0.100. The number of hydrogen-bond acceptors (Lipinski definition) is 5. The molecule has 0 spiro atoms. The summed E-state index contributed by atoms with van der Waals surface area (Å²) in [6.07, 6.45) is 1.85. The van der Waals surface area contributed by atoms with Crippen molar-refractivity contribution in [3.63, 3.8) is 0 Å². The van der Waals surface area contributed by atoms with Gasteiger partial charge in [-0.05, 0) is 28.8 Å². The molecular weight excluding hydrogens is 368 g/mol. The van der Waals surface area contributed by atoms with Gasteiger partial charge in [0.25, 0.3) is 0 Å². The fourth-order valence-electron chi connectivity index (χ4n) is 3.30. The number of nitrogens with zero attached hydrogens (tertiary/aromatic N) is 3. The summed E-state index contributed by atoms with van der Waals surface area (Å²) in [7, 11) is 1.64. The summed E-state index contributed by atoms with van der Waals surface area (Å²) in [6.45, 7) is 4.20. The fourth-order valence-corrected chi connectivity index (χ4v) is 3.30. The van der Waals surface area contributed by atoms with Crippen molar-refractivity contribution in [2.75, 3.05) is 25.6 Å². The van der Waals surface area contributed by atoms with Crippen LogP contribution in [-0.4, -0.2) is 41.2 Å². The van der Waals surface area contributed by atoms with Crippen LogP contribution in [0.3, 0.4) is 0 Å². The van der Waals surface area contributed by atoms with Crippen LogP contribution in [0, 0.1) is 0 Å². The molecule has 1 N–H and O–H groups in total. The van der Waals surface area contributed by atoms with E-state index in [0.29, 0.717) is 18.8 Å². The Morgan fingerprint density at radius 3 is 2.45 bits per heavy atom. The van der Waals surface area contributed by atoms with Crippen LogP contribution >= 0.6 is 0 Å². The predicted molar refractivity (Wildman–Crippen MR) is 109 cm³/mol. The van der Waals surface area contributed by atoms with Gasteiger partial charge in [-0.1, -0.05) is 43.3 Å². The van der Waals surface area contributed by atoms with E-state index in [4.69, 9.17) is 9.47 Å². The second-order valence-corrected chi connectivity index (χ2v) is 7.58. The number of rotatable bonds is 7. The van der Waals surface area contributed by atoms with Gasteiger partial charge >= 0.3 is 0 Å². The van der Waals surface area contributed by atoms with Gasteiger partial charge in [-0.25, -0.2) is 0 Å². The number of aromatic nitrogens is 3. The Morgan fingerprint density at radius 2 is 1.83 bits per heavy atom. The predicted octanol–water partition coefficient (Wildman–Crippen LogP) is 2.80. The number of carbonyl (C=O) groups excluding carboxylic acids is 1. The second kappa shape index (κ2) is 8.05. The minimum atomic E-state index is -0.118. The number of carbonyl (C=O) groups is 1. The molecule has 4 rings (SSSR count). The molecule has 29 heavy (non-hydrogen) atoms. The SMILES string of the molecule is COc1ccc(Cn2ncc(NC(=O)Cc3ccc(C4(C)COC4)cc3)n2)cc1. The smallest absolute Gasteiger partial charge is 0.230 e. The first-order chi connectivity index (χ1) is 14.0. The molecule has 0 bridgehead atoms. The lowest BCUT2D eigenvalue weighted by atomic mass is 9.80. The number of hydrogen-bond donors (Lipinski definition) is 1. The van der Waals surface area contributed by atoms with Crippen molar-refractivity contribution in [3.05, 3.63) is 71.4 Å². The van der Waals surface area contributed by atoms with Crippen LogP contribution < -0.4 is 10.1 Å². The monoisotopic (exact) mass is 392 g/mol. The van der Waals surface area contributed by atoms with Gasteiger partial charge < -0.3 is 14.8 Å². The van der Waals surface area contributed by atoms with Crippen LogP contribution in [0.15, 0.2) is 54.7 Å². The Labute approximate surface area is 169 Å². The summed E-state index contributed by atoms with van der Waals surface area (Å²) >= 11 is 0. The molecule has 7 nitrogen and oxygen atoms in total. The highest BCUT2D eigenvalue weighted by Crippen LogP contribution is 2.31. The van der Waals surface area contributed by atoms with E-state index in [1.807, 2.05) is 36.4 Å². The number of amides is 1. The van der Waals surface area contributed by atoms with Crippen LogP contribution in [0.5, 0.6) is 5.75 Å². The highest BCUT2D eigenvalue weighted by Gasteiger charge is 2.34. The topological polar surface area (TPSA) is 78.3 Å². The normalized spacial score (nSPS) is 14.8. The molecule has 1 fully saturated rings. The van der Waals surface area contributed by atoms with E-state index in [9.17, 15) is 4.79 Å². The molecule has 0 atom stereocenters. The number of nitrogens with one attached hydrogen (secondary N) is 1. The molecule has 0 aliphatic carbocycles. The van der Waals surface area contributed by atoms with Crippen molar-refractivity contribution in [1.29, 1.82) is 0 Å². The molecule has 1 amide bonds. The number of ether oxygens (including phenoxy) is 2. The lowest BCUT2D eigenvalue weighted by Gasteiger charge is -2.38. The van der Waals surface area contributed by atoms with Gasteiger partial charge in [0.2, 0.25) is 5.91 Å². The van der Waals surface area contributed by atoms with Gasteiger partial charge in [0.1, 0.15) is 5.75 Å². The third kappa shape index (κ3) is 4.46. The molecule has 150 valence electrons. The highest BCUT2D eigenvalue weighted by atomic mass is 16.5. The van der Waals surface area contributed by atoms with Gasteiger partial charge in [-0.2, -0.15) is 9.90 Å². The Morgan fingerprint density at radius 1 is 1.14 bits per heavy atom. The van der Waals surface area contributed by atoms with Crippen LogP contribution in [0.2, 0.25) is 0 Å². The van der Waals surface area contributed by atoms with Crippen molar-refractivity contribution in [1.82, 2.24) is 15.0 Å². The van der Waals surface area contributed by atoms with Crippen LogP contribution in [-0.2, 0) is 27.9 Å². The molecule has 7 heteroatoms. The largest absolute Gasteiger partial charge is 0.497 e. The quantitative estimate of drug-likeness (QED) is 0.669. The zero-order valence-electron chi connectivity index (χ0n) is 16.6. The summed E-state index contributed by atoms with van der Waals surface area (Å²) in [5.41, 5.74) is 3.35. The molecular formula is C22H24N4O3. The third-order valence-electron chi connectivity index (χ3n) is 5.14. The maximum Gasteiger partial charge on any atom is 0.230 e. The Kier molecular flexibility index (Phi) is 5.31. The third-order valence-corrected chi connectivity index (χ3v) is 5.14. The molecule has 0 saturated carbocycles. The zero-order valence-corrected chi connectivity index (χ0v) is 16.6. The van der Waals surface area contributed by atoms with Crippen molar-refractivity contribution < 1.29 is 14.3 Å². The van der Waals surface area contributed by atoms with E-state index >= 15 is 0 Å². The first-order valence-corrected chi connectivity index (χ1v) is 9.54. The van der Waals surface area contributed by atoms with Gasteiger partial charge in [-0.15, -0.1) is 5.10 Å². The summed E-state index contributed by atoms with van der Waals surface area (Å²) in [5.74, 6) is 1.13. The lowest BCUT2D eigenvalue weighted by Crippen LogP contribution is -2.43. The average Bonchev–Trinajstić information content (AvgIpc) is 3.14. The second-order valence-electron chi connectivity index (χ2n) is 7.58. The standard InChI is InChI=1S/C22H24N4O3/c1-22(14-29-15-22)18-7-3-16(4-8-18)11-21(27)24-20-12-23-26(25-20)13-17-5-9-19(28-2)10-6-17/h3-10,12H,11,13-15H2,1-2H3,(H,24,25,27). The van der Waals surface area contributed by atoms with E-state index in [-0.39, 0.29) is 11.3 Å². The summed E-state index contributed by atoms with van der Waals surface area (Å²) in [6, 6.07) is 15.9. The van der Waals surface area contributed by atoms with Gasteiger partial charge in [0.15, 0.2) is 5.82 Å². The summed E-state index contributed by atoms with van der Waals surface area (Å²) in [4.78, 5) is 13.9. The molecule has 0 radical (unpaired) electrons.